The summed E-state index contributed by atoms with van der Waals surface area (Å²) in [6.45, 7) is 1.35. The van der Waals surface area contributed by atoms with Gasteiger partial charge in [-0.05, 0) is 13.3 Å². The predicted octanol–water partition coefficient (Wildman–Crippen LogP) is 1.56. The lowest BCUT2D eigenvalue weighted by Gasteiger charge is -2.31. The summed E-state index contributed by atoms with van der Waals surface area (Å²) in [5, 5.41) is 23.7. The third-order valence-corrected chi connectivity index (χ3v) is 4.61. The highest BCUT2D eigenvalue weighted by molar-refractivity contribution is 5.66. The van der Waals surface area contributed by atoms with E-state index in [0.29, 0.717) is 5.69 Å². The average Bonchev–Trinajstić information content (AvgIpc) is 2.76. The molecule has 0 spiro atoms. The van der Waals surface area contributed by atoms with Gasteiger partial charge < -0.3 is 15.1 Å². The minimum Gasteiger partial charge on any atom is -0.465 e. The maximum atomic E-state index is 14.6. The Bertz CT molecular complexity index is 710. The number of fused-ring (bicyclic) bond motifs is 3. The van der Waals surface area contributed by atoms with Gasteiger partial charge in [0.1, 0.15) is 11.3 Å². The Morgan fingerprint density at radius 2 is 2.17 bits per heavy atom. The van der Waals surface area contributed by atoms with Crippen molar-refractivity contribution in [2.75, 3.05) is 0 Å². The first-order chi connectivity index (χ1) is 10.7. The molecule has 2 aliphatic rings. The van der Waals surface area contributed by atoms with Crippen LogP contribution in [0.4, 0.5) is 13.6 Å². The molecule has 0 radical (unpaired) electrons. The fourth-order valence-corrected chi connectivity index (χ4v) is 3.30. The average molecular weight is 325 g/mol. The molecule has 1 aromatic heterocycles. The Balaban J connectivity index is 2.12. The van der Waals surface area contributed by atoms with Crippen LogP contribution < -0.4 is 0 Å². The molecule has 0 saturated heterocycles. The summed E-state index contributed by atoms with van der Waals surface area (Å²) in [6, 6.07) is -0.348. The van der Waals surface area contributed by atoms with E-state index in [1.807, 2.05) is 0 Å². The van der Waals surface area contributed by atoms with Crippen molar-refractivity contribution in [3.05, 3.63) is 17.0 Å². The monoisotopic (exact) mass is 325 g/mol. The number of halogens is 2. The number of carboxylic acid groups (broad SMARTS) is 1. The van der Waals surface area contributed by atoms with Gasteiger partial charge in [0.25, 0.3) is 5.92 Å². The molecule has 2 aliphatic heterocycles. The number of aromatic nitrogens is 2. The largest absolute Gasteiger partial charge is 0.465 e. The third kappa shape index (κ3) is 2.45. The Morgan fingerprint density at radius 3 is 2.78 bits per heavy atom. The molecule has 6 nitrogen and oxygen atoms in total. The lowest BCUT2D eigenvalue weighted by molar-refractivity contribution is -0.0303. The number of rotatable bonds is 0. The Hall–Kier alpha value is -2.14. The molecule has 8 heteroatoms. The zero-order valence-corrected chi connectivity index (χ0v) is 12.6. The van der Waals surface area contributed by atoms with Gasteiger partial charge in [-0.3, -0.25) is 4.68 Å². The standard InChI is InChI=1S/C15H17F2N3O3/c1-3-14(23)4-5-15(16,17)12-10-7-19(13(21)22)9(2)6-11(10)18-20(12)8-14/h1,9,23H,4-8H2,2H3,(H,21,22)/t9-,14?/m1/s1. The second kappa shape index (κ2) is 4.93. The minimum absolute atomic E-state index is 0.134. The second-order valence-corrected chi connectivity index (χ2v) is 6.28. The van der Waals surface area contributed by atoms with Crippen LogP contribution in [-0.2, 0) is 25.4 Å². The van der Waals surface area contributed by atoms with E-state index in [0.717, 1.165) is 9.58 Å². The van der Waals surface area contributed by atoms with Gasteiger partial charge in [0.05, 0.1) is 18.8 Å². The van der Waals surface area contributed by atoms with Crippen molar-refractivity contribution in [1.82, 2.24) is 14.7 Å². The van der Waals surface area contributed by atoms with Crippen molar-refractivity contribution in [2.24, 2.45) is 0 Å². The molecule has 1 unspecified atom stereocenters. The molecular weight excluding hydrogens is 308 g/mol. The minimum atomic E-state index is -3.22. The molecule has 1 amide bonds. The summed E-state index contributed by atoms with van der Waals surface area (Å²) in [4.78, 5) is 12.4. The first-order valence-corrected chi connectivity index (χ1v) is 7.33. The van der Waals surface area contributed by atoms with Crippen LogP contribution in [0, 0.1) is 12.3 Å². The molecule has 3 rings (SSSR count). The Kier molecular flexibility index (Phi) is 3.37. The van der Waals surface area contributed by atoms with Gasteiger partial charge in [-0.2, -0.15) is 13.9 Å². The normalized spacial score (nSPS) is 29.2. The summed E-state index contributed by atoms with van der Waals surface area (Å²) in [5.74, 6) is -1.04. The Labute approximate surface area is 131 Å². The van der Waals surface area contributed by atoms with Gasteiger partial charge in [0.2, 0.25) is 0 Å². The van der Waals surface area contributed by atoms with Crippen LogP contribution in [0.3, 0.4) is 0 Å². The highest BCUT2D eigenvalue weighted by Gasteiger charge is 2.47. The molecule has 0 saturated carbocycles. The maximum Gasteiger partial charge on any atom is 0.407 e. The van der Waals surface area contributed by atoms with E-state index in [1.54, 1.807) is 6.92 Å². The molecule has 1 aromatic rings. The molecule has 0 aliphatic carbocycles. The van der Waals surface area contributed by atoms with Crippen LogP contribution in [0.5, 0.6) is 0 Å². The van der Waals surface area contributed by atoms with Gasteiger partial charge in [-0.1, -0.05) is 5.92 Å². The molecule has 0 aromatic carbocycles. The number of carbonyl (C=O) groups is 1. The molecule has 0 fully saturated rings. The van der Waals surface area contributed by atoms with E-state index >= 15 is 0 Å². The summed E-state index contributed by atoms with van der Waals surface area (Å²) in [6.07, 6.45) is 3.55. The van der Waals surface area contributed by atoms with Crippen LogP contribution in [0.1, 0.15) is 36.7 Å². The number of aliphatic hydroxyl groups is 1. The molecule has 23 heavy (non-hydrogen) atoms. The van der Waals surface area contributed by atoms with Crippen molar-refractivity contribution in [1.29, 1.82) is 0 Å². The fourth-order valence-electron chi connectivity index (χ4n) is 3.30. The second-order valence-electron chi connectivity index (χ2n) is 6.28. The van der Waals surface area contributed by atoms with Crippen molar-refractivity contribution in [2.45, 2.75) is 56.8 Å². The summed E-state index contributed by atoms with van der Waals surface area (Å²) in [5.41, 5.74) is -1.32. The van der Waals surface area contributed by atoms with Crippen LogP contribution >= 0.6 is 0 Å². The van der Waals surface area contributed by atoms with Crippen molar-refractivity contribution in [3.8, 4) is 12.3 Å². The summed E-state index contributed by atoms with van der Waals surface area (Å²) < 4.78 is 30.2. The van der Waals surface area contributed by atoms with Crippen LogP contribution in [0.15, 0.2) is 0 Å². The van der Waals surface area contributed by atoms with E-state index in [-0.39, 0.29) is 43.2 Å². The zero-order chi connectivity index (χ0) is 17.0. The molecular formula is C15H17F2N3O3. The first kappa shape index (κ1) is 15.7. The van der Waals surface area contributed by atoms with Gasteiger partial charge in [-0.15, -0.1) is 6.42 Å². The zero-order valence-electron chi connectivity index (χ0n) is 12.6. The lowest BCUT2D eigenvalue weighted by Crippen LogP contribution is -2.42. The highest BCUT2D eigenvalue weighted by atomic mass is 19.3. The van der Waals surface area contributed by atoms with Crippen LogP contribution in [-0.4, -0.2) is 42.6 Å². The SMILES string of the molecule is C#CC1(O)CCC(F)(F)c2c3c(nn2C1)C[C@@H](C)N(C(=O)O)C3. The van der Waals surface area contributed by atoms with Gasteiger partial charge >= 0.3 is 6.09 Å². The van der Waals surface area contributed by atoms with Gasteiger partial charge in [0.15, 0.2) is 0 Å². The van der Waals surface area contributed by atoms with Crippen molar-refractivity contribution in [3.63, 3.8) is 0 Å². The van der Waals surface area contributed by atoms with Crippen molar-refractivity contribution >= 4 is 6.09 Å². The predicted molar refractivity (Wildman–Crippen MR) is 75.9 cm³/mol. The number of hydrogen-bond acceptors (Lipinski definition) is 3. The molecule has 124 valence electrons. The molecule has 2 atom stereocenters. The maximum absolute atomic E-state index is 14.6. The molecule has 2 N–H and O–H groups in total. The molecule has 0 bridgehead atoms. The third-order valence-electron chi connectivity index (χ3n) is 4.61. The number of alkyl halides is 2. The lowest BCUT2D eigenvalue weighted by atomic mass is 9.94. The van der Waals surface area contributed by atoms with E-state index < -0.39 is 24.0 Å². The van der Waals surface area contributed by atoms with E-state index in [2.05, 4.69) is 11.0 Å². The highest BCUT2D eigenvalue weighted by Crippen LogP contribution is 2.42. The van der Waals surface area contributed by atoms with E-state index in [4.69, 9.17) is 6.42 Å². The number of hydrogen-bond donors (Lipinski definition) is 2. The van der Waals surface area contributed by atoms with Gasteiger partial charge in [0, 0.05) is 24.4 Å². The van der Waals surface area contributed by atoms with E-state index in [9.17, 15) is 23.8 Å². The van der Waals surface area contributed by atoms with Crippen LogP contribution in [0.25, 0.3) is 0 Å². The Morgan fingerprint density at radius 1 is 1.48 bits per heavy atom. The topological polar surface area (TPSA) is 78.6 Å². The van der Waals surface area contributed by atoms with Crippen molar-refractivity contribution < 1.29 is 23.8 Å². The number of amides is 1. The van der Waals surface area contributed by atoms with Gasteiger partial charge in [-0.25, -0.2) is 4.79 Å². The molecule has 3 heterocycles. The summed E-state index contributed by atoms with van der Waals surface area (Å²) >= 11 is 0. The fraction of sp³-hybridized carbons (Fsp3) is 0.600. The number of terminal acetylenes is 1. The van der Waals surface area contributed by atoms with Crippen LogP contribution in [0.2, 0.25) is 0 Å². The number of nitrogens with zero attached hydrogens (tertiary/aromatic N) is 3. The smallest absolute Gasteiger partial charge is 0.407 e. The first-order valence-electron chi connectivity index (χ1n) is 7.33. The van der Waals surface area contributed by atoms with E-state index in [1.165, 1.54) is 0 Å². The summed E-state index contributed by atoms with van der Waals surface area (Å²) in [7, 11) is 0. The quantitative estimate of drug-likeness (QED) is 0.710.